The molecule has 2 N–H and O–H groups in total. The van der Waals surface area contributed by atoms with Gasteiger partial charge in [0.15, 0.2) is 6.10 Å². The van der Waals surface area contributed by atoms with Gasteiger partial charge in [-0.25, -0.2) is 0 Å². The minimum absolute atomic E-state index is 0.175. The number of anilines is 1. The van der Waals surface area contributed by atoms with Gasteiger partial charge >= 0.3 is 0 Å². The normalized spacial score (nSPS) is 11.9. The van der Waals surface area contributed by atoms with Crippen LogP contribution in [0.25, 0.3) is 0 Å². The van der Waals surface area contributed by atoms with Crippen molar-refractivity contribution in [1.82, 2.24) is 0 Å². The highest BCUT2D eigenvalue weighted by atomic mass is 35.5. The fourth-order valence-electron chi connectivity index (χ4n) is 1.73. The molecule has 1 atom stereocenters. The first-order valence-corrected chi connectivity index (χ1v) is 6.74. The van der Waals surface area contributed by atoms with Crippen molar-refractivity contribution in [3.8, 4) is 5.75 Å². The molecule has 1 unspecified atom stereocenters. The van der Waals surface area contributed by atoms with Gasteiger partial charge in [-0.1, -0.05) is 29.3 Å². The Kier molecular flexibility index (Phi) is 4.53. The van der Waals surface area contributed by atoms with Gasteiger partial charge in [-0.05, 0) is 37.3 Å². The smallest absolute Gasteiger partial charge is 0.203 e. The molecule has 0 saturated heterocycles. The first kappa shape index (κ1) is 14.7. The van der Waals surface area contributed by atoms with Crippen molar-refractivity contribution in [3.05, 3.63) is 58.1 Å². The largest absolute Gasteiger partial charge is 0.482 e. The van der Waals surface area contributed by atoms with Gasteiger partial charge in [0.2, 0.25) is 5.78 Å². The first-order valence-electron chi connectivity index (χ1n) is 5.99. The number of hydrogen-bond donors (Lipinski definition) is 1. The summed E-state index contributed by atoms with van der Waals surface area (Å²) in [5, 5.41) is 0.751. The second kappa shape index (κ2) is 6.16. The number of nitrogen functional groups attached to an aromatic ring is 1. The van der Waals surface area contributed by atoms with Crippen molar-refractivity contribution in [2.24, 2.45) is 0 Å². The third-order valence-electron chi connectivity index (χ3n) is 2.74. The number of benzene rings is 2. The molecule has 104 valence electrons. The summed E-state index contributed by atoms with van der Waals surface area (Å²) in [6, 6.07) is 11.7. The van der Waals surface area contributed by atoms with Gasteiger partial charge < -0.3 is 10.5 Å². The summed E-state index contributed by atoms with van der Waals surface area (Å²) in [7, 11) is 0. The van der Waals surface area contributed by atoms with Crippen molar-refractivity contribution in [2.75, 3.05) is 5.73 Å². The van der Waals surface area contributed by atoms with E-state index in [1.165, 1.54) is 6.07 Å². The highest BCUT2D eigenvalue weighted by Gasteiger charge is 2.18. The Morgan fingerprint density at radius 3 is 2.55 bits per heavy atom. The van der Waals surface area contributed by atoms with Crippen LogP contribution in [-0.2, 0) is 0 Å². The number of Topliss-reactive ketones (excluding diaryl/α,β-unsaturated/α-hetero) is 1. The third-order valence-corrected chi connectivity index (χ3v) is 3.48. The third kappa shape index (κ3) is 3.44. The van der Waals surface area contributed by atoms with E-state index in [0.717, 1.165) is 0 Å². The summed E-state index contributed by atoms with van der Waals surface area (Å²) >= 11 is 11.7. The van der Waals surface area contributed by atoms with Crippen LogP contribution >= 0.6 is 23.2 Å². The van der Waals surface area contributed by atoms with E-state index < -0.39 is 6.10 Å². The Labute approximate surface area is 127 Å². The van der Waals surface area contributed by atoms with Crippen molar-refractivity contribution < 1.29 is 9.53 Å². The van der Waals surface area contributed by atoms with Crippen molar-refractivity contribution in [1.29, 1.82) is 0 Å². The number of nitrogens with two attached hydrogens (primary N) is 1. The second-order valence-electron chi connectivity index (χ2n) is 4.33. The van der Waals surface area contributed by atoms with Crippen LogP contribution in [0.4, 0.5) is 5.69 Å². The molecule has 0 heterocycles. The van der Waals surface area contributed by atoms with Crippen LogP contribution in [0, 0.1) is 0 Å². The number of rotatable bonds is 4. The molecular weight excluding hydrogens is 297 g/mol. The highest BCUT2D eigenvalue weighted by Crippen LogP contribution is 2.24. The Morgan fingerprint density at radius 2 is 1.90 bits per heavy atom. The van der Waals surface area contributed by atoms with Crippen LogP contribution in [0.15, 0.2) is 42.5 Å². The van der Waals surface area contributed by atoms with Crippen LogP contribution in [0.5, 0.6) is 5.75 Å². The van der Waals surface area contributed by atoms with Crippen LogP contribution in [0.1, 0.15) is 17.3 Å². The lowest BCUT2D eigenvalue weighted by atomic mass is 10.1. The Morgan fingerprint density at radius 1 is 1.15 bits per heavy atom. The molecule has 5 heteroatoms. The first-order chi connectivity index (χ1) is 9.47. The zero-order chi connectivity index (χ0) is 14.7. The predicted octanol–water partition coefficient (Wildman–Crippen LogP) is 4.23. The summed E-state index contributed by atoms with van der Waals surface area (Å²) in [6.07, 6.45) is -0.644. The van der Waals surface area contributed by atoms with E-state index in [-0.39, 0.29) is 5.78 Å². The van der Waals surface area contributed by atoms with Gasteiger partial charge in [0.05, 0.1) is 10.0 Å². The molecule has 0 aromatic heterocycles. The standard InChI is InChI=1S/C15H13Cl2NO2/c1-9(20-12-4-2-3-11(18)8-12)15(19)10-5-6-13(16)14(17)7-10/h2-9H,18H2,1H3. The minimum atomic E-state index is -0.644. The van der Waals surface area contributed by atoms with E-state index in [1.54, 1.807) is 43.3 Å². The van der Waals surface area contributed by atoms with E-state index >= 15 is 0 Å². The lowest BCUT2D eigenvalue weighted by molar-refractivity contribution is 0.0818. The predicted molar refractivity (Wildman–Crippen MR) is 81.7 cm³/mol. The Bertz CT molecular complexity index is 644. The van der Waals surface area contributed by atoms with Gasteiger partial charge in [0.1, 0.15) is 5.75 Å². The van der Waals surface area contributed by atoms with Gasteiger partial charge in [0.25, 0.3) is 0 Å². The molecule has 0 bridgehead atoms. The van der Waals surface area contributed by atoms with Gasteiger partial charge in [0, 0.05) is 17.3 Å². The minimum Gasteiger partial charge on any atom is -0.482 e. The number of ketones is 1. The zero-order valence-corrected chi connectivity index (χ0v) is 12.3. The van der Waals surface area contributed by atoms with E-state index in [9.17, 15) is 4.79 Å². The number of ether oxygens (including phenoxy) is 1. The quantitative estimate of drug-likeness (QED) is 0.679. The monoisotopic (exact) mass is 309 g/mol. The molecule has 2 aromatic rings. The summed E-state index contributed by atoms with van der Waals surface area (Å²) in [5.41, 5.74) is 6.70. The van der Waals surface area contributed by atoms with Crippen molar-refractivity contribution in [2.45, 2.75) is 13.0 Å². The van der Waals surface area contributed by atoms with E-state index in [4.69, 9.17) is 33.7 Å². The number of carbonyl (C=O) groups is 1. The fourth-order valence-corrected chi connectivity index (χ4v) is 2.03. The van der Waals surface area contributed by atoms with Gasteiger partial charge in [-0.15, -0.1) is 0 Å². The number of hydrogen-bond acceptors (Lipinski definition) is 3. The maximum Gasteiger partial charge on any atom is 0.203 e. The average molecular weight is 310 g/mol. The molecule has 0 spiro atoms. The average Bonchev–Trinajstić information content (AvgIpc) is 2.41. The SMILES string of the molecule is CC(Oc1cccc(N)c1)C(=O)c1ccc(Cl)c(Cl)c1. The summed E-state index contributed by atoms with van der Waals surface area (Å²) in [6.45, 7) is 1.67. The summed E-state index contributed by atoms with van der Waals surface area (Å²) in [4.78, 5) is 12.2. The molecular formula is C15H13Cl2NO2. The van der Waals surface area contributed by atoms with E-state index in [0.29, 0.717) is 27.0 Å². The fraction of sp³-hybridized carbons (Fsp3) is 0.133. The van der Waals surface area contributed by atoms with Crippen LogP contribution in [0.2, 0.25) is 10.0 Å². The second-order valence-corrected chi connectivity index (χ2v) is 5.14. The molecule has 3 nitrogen and oxygen atoms in total. The molecule has 0 aliphatic heterocycles. The van der Waals surface area contributed by atoms with E-state index in [2.05, 4.69) is 0 Å². The molecule has 0 aliphatic rings. The molecule has 2 aromatic carbocycles. The number of halogens is 2. The molecule has 0 fully saturated rings. The summed E-state index contributed by atoms with van der Waals surface area (Å²) < 4.78 is 5.58. The zero-order valence-electron chi connectivity index (χ0n) is 10.8. The molecule has 0 saturated carbocycles. The van der Waals surface area contributed by atoms with Crippen LogP contribution in [0.3, 0.4) is 0 Å². The maximum absolute atomic E-state index is 12.2. The van der Waals surface area contributed by atoms with Gasteiger partial charge in [-0.3, -0.25) is 4.79 Å². The lowest BCUT2D eigenvalue weighted by Gasteiger charge is -2.14. The van der Waals surface area contributed by atoms with Crippen LogP contribution < -0.4 is 10.5 Å². The van der Waals surface area contributed by atoms with Crippen molar-refractivity contribution >= 4 is 34.7 Å². The summed E-state index contributed by atoms with van der Waals surface area (Å²) in [5.74, 6) is 0.372. The molecule has 0 aliphatic carbocycles. The van der Waals surface area contributed by atoms with Crippen molar-refractivity contribution in [3.63, 3.8) is 0 Å². The lowest BCUT2D eigenvalue weighted by Crippen LogP contribution is -2.23. The molecule has 20 heavy (non-hydrogen) atoms. The van der Waals surface area contributed by atoms with E-state index in [1.807, 2.05) is 0 Å². The topological polar surface area (TPSA) is 52.3 Å². The Balaban J connectivity index is 2.14. The Hall–Kier alpha value is -1.71. The molecule has 0 amide bonds. The molecule has 2 rings (SSSR count). The van der Waals surface area contributed by atoms with Crippen LogP contribution in [-0.4, -0.2) is 11.9 Å². The number of carbonyl (C=O) groups excluding carboxylic acids is 1. The maximum atomic E-state index is 12.2. The highest BCUT2D eigenvalue weighted by molar-refractivity contribution is 6.42. The molecule has 0 radical (unpaired) electrons. The van der Waals surface area contributed by atoms with Gasteiger partial charge in [-0.2, -0.15) is 0 Å².